The van der Waals surface area contributed by atoms with Gasteiger partial charge in [-0.15, -0.1) is 0 Å². The molecule has 0 aromatic heterocycles. The summed E-state index contributed by atoms with van der Waals surface area (Å²) in [5, 5.41) is 0. The first-order valence-electron chi connectivity index (χ1n) is 6.77. The van der Waals surface area contributed by atoms with Crippen molar-refractivity contribution in [1.29, 1.82) is 0 Å². The van der Waals surface area contributed by atoms with Crippen LogP contribution in [0.5, 0.6) is 0 Å². The molecule has 0 radical (unpaired) electrons. The molecule has 1 aliphatic heterocycles. The van der Waals surface area contributed by atoms with Gasteiger partial charge >= 0.3 is 0 Å². The highest BCUT2D eigenvalue weighted by Crippen LogP contribution is 2.21. The maximum Gasteiger partial charge on any atom is 0.252 e. The summed E-state index contributed by atoms with van der Waals surface area (Å²) in [7, 11) is 3.26. The topological polar surface area (TPSA) is 74.0 Å². The van der Waals surface area contributed by atoms with E-state index in [0.29, 0.717) is 26.3 Å². The minimum atomic E-state index is -0.371. The van der Waals surface area contributed by atoms with E-state index in [-0.39, 0.29) is 24.2 Å². The van der Waals surface area contributed by atoms with E-state index in [2.05, 4.69) is 0 Å². The van der Waals surface area contributed by atoms with Gasteiger partial charge in [-0.1, -0.05) is 0 Å². The average molecular weight is 274 g/mol. The van der Waals surface area contributed by atoms with E-state index in [1.165, 1.54) is 0 Å². The average Bonchev–Trinajstić information content (AvgIpc) is 2.88. The minimum Gasteiger partial charge on any atom is -0.383 e. The third-order valence-electron chi connectivity index (χ3n) is 3.41. The molecule has 0 aromatic carbocycles. The van der Waals surface area contributed by atoms with Gasteiger partial charge in [0.15, 0.2) is 0 Å². The van der Waals surface area contributed by atoms with Gasteiger partial charge in [0.25, 0.3) is 5.91 Å². The van der Waals surface area contributed by atoms with Crippen molar-refractivity contribution in [2.45, 2.75) is 38.0 Å². The third kappa shape index (κ3) is 4.72. The Kier molecular flexibility index (Phi) is 7.30. The largest absolute Gasteiger partial charge is 0.383 e. The summed E-state index contributed by atoms with van der Waals surface area (Å²) in [5.74, 6) is 0.0116. The summed E-state index contributed by atoms with van der Waals surface area (Å²) < 4.78 is 15.8. The summed E-state index contributed by atoms with van der Waals surface area (Å²) >= 11 is 0. The predicted octanol–water partition coefficient (Wildman–Crippen LogP) is 0.00260. The smallest absolute Gasteiger partial charge is 0.252 e. The molecular formula is C13H26N2O4. The molecule has 1 rings (SSSR count). The molecule has 0 saturated carbocycles. The fraction of sp³-hybridized carbons (Fsp3) is 0.923. The molecule has 0 bridgehead atoms. The van der Waals surface area contributed by atoms with E-state index in [1.54, 1.807) is 19.1 Å². The Morgan fingerprint density at radius 3 is 2.68 bits per heavy atom. The monoisotopic (exact) mass is 274 g/mol. The summed E-state index contributed by atoms with van der Waals surface area (Å²) in [4.78, 5) is 14.3. The highest BCUT2D eigenvalue weighted by Gasteiger charge is 2.34. The van der Waals surface area contributed by atoms with Gasteiger partial charge in [-0.3, -0.25) is 4.79 Å². The fourth-order valence-corrected chi connectivity index (χ4v) is 2.31. The Hall–Kier alpha value is -0.690. The zero-order chi connectivity index (χ0) is 14.3. The molecule has 6 heteroatoms. The van der Waals surface area contributed by atoms with Crippen molar-refractivity contribution in [3.05, 3.63) is 0 Å². The maximum absolute atomic E-state index is 12.5. The van der Waals surface area contributed by atoms with Crippen LogP contribution in [0.15, 0.2) is 0 Å². The number of carbonyl (C=O) groups is 1. The first-order chi connectivity index (χ1) is 9.13. The molecule has 1 heterocycles. The second-order valence-corrected chi connectivity index (χ2v) is 4.89. The van der Waals surface area contributed by atoms with Crippen molar-refractivity contribution in [2.24, 2.45) is 5.73 Å². The summed E-state index contributed by atoms with van der Waals surface area (Å²) in [5.41, 5.74) is 5.57. The predicted molar refractivity (Wildman–Crippen MR) is 71.9 cm³/mol. The molecule has 3 unspecified atom stereocenters. The van der Waals surface area contributed by atoms with Crippen LogP contribution in [0.2, 0.25) is 0 Å². The lowest BCUT2D eigenvalue weighted by atomic mass is 10.1. The summed E-state index contributed by atoms with van der Waals surface area (Å²) in [6.07, 6.45) is 1.23. The Balaban J connectivity index is 2.60. The Bertz CT molecular complexity index is 275. The van der Waals surface area contributed by atoms with Gasteiger partial charge in [-0.25, -0.2) is 0 Å². The molecule has 0 spiro atoms. The molecule has 1 amide bonds. The maximum atomic E-state index is 12.5. The lowest BCUT2D eigenvalue weighted by Gasteiger charge is -2.30. The molecular weight excluding hydrogens is 248 g/mol. The third-order valence-corrected chi connectivity index (χ3v) is 3.41. The van der Waals surface area contributed by atoms with Crippen LogP contribution >= 0.6 is 0 Å². The van der Waals surface area contributed by atoms with Crippen LogP contribution in [-0.2, 0) is 19.0 Å². The van der Waals surface area contributed by atoms with Crippen LogP contribution in [0.1, 0.15) is 19.8 Å². The van der Waals surface area contributed by atoms with Crippen molar-refractivity contribution < 1.29 is 19.0 Å². The van der Waals surface area contributed by atoms with E-state index in [4.69, 9.17) is 19.9 Å². The molecule has 19 heavy (non-hydrogen) atoms. The lowest BCUT2D eigenvalue weighted by Crippen LogP contribution is -2.47. The van der Waals surface area contributed by atoms with Crippen molar-refractivity contribution >= 4 is 5.91 Å². The van der Waals surface area contributed by atoms with Crippen molar-refractivity contribution in [3.8, 4) is 0 Å². The standard InChI is InChI=1S/C13H26N2O4/c1-10(9-18-3)15(6-7-17-2)13(16)12-5-4-11(8-14)19-12/h10-12H,4-9,14H2,1-3H3. The minimum absolute atomic E-state index is 0.00757. The van der Waals surface area contributed by atoms with E-state index in [1.807, 2.05) is 6.92 Å². The number of carbonyl (C=O) groups excluding carboxylic acids is 1. The van der Waals surface area contributed by atoms with Crippen LogP contribution in [0.4, 0.5) is 0 Å². The second-order valence-electron chi connectivity index (χ2n) is 4.89. The number of hydrogen-bond acceptors (Lipinski definition) is 5. The lowest BCUT2D eigenvalue weighted by molar-refractivity contribution is -0.146. The molecule has 1 fully saturated rings. The number of rotatable bonds is 8. The van der Waals surface area contributed by atoms with Gasteiger partial charge in [-0.05, 0) is 19.8 Å². The van der Waals surface area contributed by atoms with Crippen molar-refractivity contribution in [1.82, 2.24) is 4.90 Å². The second kappa shape index (κ2) is 8.47. The van der Waals surface area contributed by atoms with Crippen LogP contribution in [0.25, 0.3) is 0 Å². The molecule has 112 valence electrons. The molecule has 1 saturated heterocycles. The number of amides is 1. The normalized spacial score (nSPS) is 24.4. The van der Waals surface area contributed by atoms with Crippen LogP contribution in [0, 0.1) is 0 Å². The van der Waals surface area contributed by atoms with Gasteiger partial charge in [0, 0.05) is 27.3 Å². The highest BCUT2D eigenvalue weighted by molar-refractivity contribution is 5.81. The number of ether oxygens (including phenoxy) is 3. The number of nitrogens with two attached hydrogens (primary N) is 1. The van der Waals surface area contributed by atoms with Crippen LogP contribution in [0.3, 0.4) is 0 Å². The Morgan fingerprint density at radius 2 is 2.16 bits per heavy atom. The van der Waals surface area contributed by atoms with Gasteiger partial charge < -0.3 is 24.8 Å². The molecule has 6 nitrogen and oxygen atoms in total. The first kappa shape index (κ1) is 16.4. The van der Waals surface area contributed by atoms with E-state index in [0.717, 1.165) is 12.8 Å². The highest BCUT2D eigenvalue weighted by atomic mass is 16.5. The van der Waals surface area contributed by atoms with E-state index in [9.17, 15) is 4.79 Å². The first-order valence-corrected chi connectivity index (χ1v) is 6.77. The molecule has 0 aliphatic carbocycles. The summed E-state index contributed by atoms with van der Waals surface area (Å²) in [6.45, 7) is 3.99. The molecule has 3 atom stereocenters. The zero-order valence-corrected chi connectivity index (χ0v) is 12.1. The molecule has 2 N–H and O–H groups in total. The fourth-order valence-electron chi connectivity index (χ4n) is 2.31. The van der Waals surface area contributed by atoms with E-state index < -0.39 is 0 Å². The van der Waals surface area contributed by atoms with Gasteiger partial charge in [0.05, 0.1) is 25.4 Å². The van der Waals surface area contributed by atoms with E-state index >= 15 is 0 Å². The zero-order valence-electron chi connectivity index (χ0n) is 12.1. The molecule has 1 aliphatic rings. The number of nitrogens with zero attached hydrogens (tertiary/aromatic N) is 1. The summed E-state index contributed by atoms with van der Waals surface area (Å²) in [6, 6.07) is 0.00757. The van der Waals surface area contributed by atoms with Crippen LogP contribution < -0.4 is 5.73 Å². The SMILES string of the molecule is COCCN(C(=O)C1CCC(CN)O1)C(C)COC. The van der Waals surface area contributed by atoms with Crippen LogP contribution in [-0.4, -0.2) is 69.6 Å². The number of hydrogen-bond donors (Lipinski definition) is 1. The Labute approximate surface area is 115 Å². The molecule has 0 aromatic rings. The Morgan fingerprint density at radius 1 is 1.42 bits per heavy atom. The quantitative estimate of drug-likeness (QED) is 0.674. The van der Waals surface area contributed by atoms with Crippen molar-refractivity contribution in [2.75, 3.05) is 40.5 Å². The van der Waals surface area contributed by atoms with Crippen molar-refractivity contribution in [3.63, 3.8) is 0 Å². The van der Waals surface area contributed by atoms with Gasteiger partial charge in [-0.2, -0.15) is 0 Å². The number of methoxy groups -OCH3 is 2. The van der Waals surface area contributed by atoms with Gasteiger partial charge in [0.1, 0.15) is 6.10 Å². The van der Waals surface area contributed by atoms with Gasteiger partial charge in [0.2, 0.25) is 0 Å².